The topological polar surface area (TPSA) is 43.4 Å². The zero-order chi connectivity index (χ0) is 17.9. The molecule has 0 saturated heterocycles. The Labute approximate surface area is 155 Å². The first-order chi connectivity index (χ1) is 11.3. The van der Waals surface area contributed by atoms with Gasteiger partial charge in [0, 0.05) is 15.6 Å². The summed E-state index contributed by atoms with van der Waals surface area (Å²) in [6, 6.07) is 9.65. The highest BCUT2D eigenvalue weighted by Crippen LogP contribution is 2.24. The van der Waals surface area contributed by atoms with Crippen LogP contribution in [0.2, 0.25) is 15.1 Å². The molecule has 2 rings (SSSR count). The van der Waals surface area contributed by atoms with E-state index in [0.717, 1.165) is 5.56 Å². The average molecular weight is 386 g/mol. The Hall–Kier alpha value is -1.55. The van der Waals surface area contributed by atoms with Gasteiger partial charge in [-0.2, -0.15) is 0 Å². The Morgan fingerprint density at radius 1 is 1.04 bits per heavy atom. The molecule has 0 spiro atoms. The molecule has 0 unspecified atom stereocenters. The third-order valence-corrected chi connectivity index (χ3v) is 4.24. The fourth-order valence-electron chi connectivity index (χ4n) is 2.11. The summed E-state index contributed by atoms with van der Waals surface area (Å²) in [6.45, 7) is 3.43. The van der Waals surface area contributed by atoms with Crippen LogP contribution in [-0.2, 0) is 4.79 Å². The molecule has 2 aromatic carbocycles. The van der Waals surface area contributed by atoms with Gasteiger partial charge in [-0.25, -0.2) is 0 Å². The molecule has 24 heavy (non-hydrogen) atoms. The maximum absolute atomic E-state index is 12.2. The molecule has 6 heteroatoms. The van der Waals surface area contributed by atoms with E-state index in [-0.39, 0.29) is 28.6 Å². The molecule has 0 aliphatic carbocycles. The maximum atomic E-state index is 12.2. The van der Waals surface area contributed by atoms with Crippen LogP contribution in [0.3, 0.4) is 0 Å². The van der Waals surface area contributed by atoms with Crippen LogP contribution >= 0.6 is 34.8 Å². The third-order valence-electron chi connectivity index (χ3n) is 3.46. The van der Waals surface area contributed by atoms with Crippen molar-refractivity contribution in [3.63, 3.8) is 0 Å². The third kappa shape index (κ3) is 4.73. The van der Waals surface area contributed by atoms with Gasteiger partial charge in [-0.1, -0.05) is 34.8 Å². The Morgan fingerprint density at radius 2 is 1.67 bits per heavy atom. The summed E-state index contributed by atoms with van der Waals surface area (Å²) < 4.78 is 5.63. The van der Waals surface area contributed by atoms with Gasteiger partial charge in [-0.3, -0.25) is 9.59 Å². The highest BCUT2D eigenvalue weighted by atomic mass is 35.5. The molecule has 0 aliphatic heterocycles. The minimum absolute atomic E-state index is 0.224. The molecule has 0 fully saturated rings. The first kappa shape index (κ1) is 18.8. The number of carbonyl (C=O) groups excluding carboxylic acids is 2. The lowest BCUT2D eigenvalue weighted by Gasteiger charge is -2.15. The van der Waals surface area contributed by atoms with E-state index < -0.39 is 6.10 Å². The van der Waals surface area contributed by atoms with Crippen LogP contribution in [0.5, 0.6) is 5.75 Å². The van der Waals surface area contributed by atoms with Crippen LogP contribution in [0.4, 0.5) is 0 Å². The fraction of sp³-hybridized carbons (Fsp3) is 0.222. The summed E-state index contributed by atoms with van der Waals surface area (Å²) in [6.07, 6.45) is -1.06. The standard InChI is InChI=1S/C18H15Cl3O3/c1-10-7-12(19)4-6-18(10)24-11(2)16(22)9-17(23)14-5-3-13(20)8-15(14)21/h3-8,11H,9H2,1-2H3/t11-/m1/s1. The van der Waals surface area contributed by atoms with Crippen molar-refractivity contribution < 1.29 is 14.3 Å². The van der Waals surface area contributed by atoms with Crippen molar-refractivity contribution in [1.82, 2.24) is 0 Å². The number of hydrogen-bond acceptors (Lipinski definition) is 3. The number of ether oxygens (including phenoxy) is 1. The van der Waals surface area contributed by atoms with E-state index >= 15 is 0 Å². The van der Waals surface area contributed by atoms with E-state index in [1.807, 2.05) is 6.92 Å². The van der Waals surface area contributed by atoms with Gasteiger partial charge < -0.3 is 4.74 Å². The van der Waals surface area contributed by atoms with E-state index in [1.165, 1.54) is 12.1 Å². The van der Waals surface area contributed by atoms with Gasteiger partial charge in [-0.05, 0) is 55.8 Å². The summed E-state index contributed by atoms with van der Waals surface area (Å²) >= 11 is 17.7. The second kappa shape index (κ2) is 8.02. The first-order valence-corrected chi connectivity index (χ1v) is 8.35. The number of carbonyl (C=O) groups is 2. The van der Waals surface area contributed by atoms with Crippen LogP contribution in [0.15, 0.2) is 36.4 Å². The van der Waals surface area contributed by atoms with Crippen LogP contribution in [-0.4, -0.2) is 17.7 Å². The fourth-order valence-corrected chi connectivity index (χ4v) is 2.85. The summed E-state index contributed by atoms with van der Waals surface area (Å²) in [4.78, 5) is 24.5. The lowest BCUT2D eigenvalue weighted by atomic mass is 10.0. The number of ketones is 2. The first-order valence-electron chi connectivity index (χ1n) is 7.21. The predicted molar refractivity (Wildman–Crippen MR) is 96.7 cm³/mol. The number of benzene rings is 2. The average Bonchev–Trinajstić information content (AvgIpc) is 2.49. The Morgan fingerprint density at radius 3 is 2.29 bits per heavy atom. The van der Waals surface area contributed by atoms with Crippen LogP contribution in [0, 0.1) is 6.92 Å². The lowest BCUT2D eigenvalue weighted by molar-refractivity contribution is -0.124. The van der Waals surface area contributed by atoms with Crippen molar-refractivity contribution in [3.8, 4) is 5.75 Å². The van der Waals surface area contributed by atoms with E-state index in [0.29, 0.717) is 15.8 Å². The van der Waals surface area contributed by atoms with Gasteiger partial charge in [0.25, 0.3) is 0 Å². The van der Waals surface area contributed by atoms with Gasteiger partial charge in [-0.15, -0.1) is 0 Å². The maximum Gasteiger partial charge on any atom is 0.180 e. The second-order valence-electron chi connectivity index (χ2n) is 5.36. The molecule has 0 radical (unpaired) electrons. The van der Waals surface area contributed by atoms with Gasteiger partial charge in [0.2, 0.25) is 0 Å². The molecule has 0 heterocycles. The van der Waals surface area contributed by atoms with Crippen molar-refractivity contribution in [2.75, 3.05) is 0 Å². The molecule has 0 N–H and O–H groups in total. The second-order valence-corrected chi connectivity index (χ2v) is 6.64. The zero-order valence-electron chi connectivity index (χ0n) is 13.1. The smallest absolute Gasteiger partial charge is 0.180 e. The van der Waals surface area contributed by atoms with Crippen molar-refractivity contribution in [2.45, 2.75) is 26.4 Å². The molecule has 0 saturated carbocycles. The van der Waals surface area contributed by atoms with Gasteiger partial charge in [0.05, 0.1) is 11.4 Å². The number of hydrogen-bond donors (Lipinski definition) is 0. The summed E-state index contributed by atoms with van der Waals surface area (Å²) in [7, 11) is 0. The molecule has 0 amide bonds. The molecule has 3 nitrogen and oxygen atoms in total. The Bertz CT molecular complexity index is 787. The molecular formula is C18H15Cl3O3. The zero-order valence-corrected chi connectivity index (χ0v) is 15.4. The molecule has 0 aliphatic rings. The largest absolute Gasteiger partial charge is 0.483 e. The predicted octanol–water partition coefficient (Wildman–Crippen LogP) is 5.56. The minimum atomic E-state index is -0.764. The lowest BCUT2D eigenvalue weighted by Crippen LogP contribution is -2.26. The Balaban J connectivity index is 2.04. The molecule has 126 valence electrons. The highest BCUT2D eigenvalue weighted by Gasteiger charge is 2.21. The summed E-state index contributed by atoms with van der Waals surface area (Å²) in [5, 5.41) is 1.24. The number of halogens is 3. The van der Waals surface area contributed by atoms with Gasteiger partial charge in [0.15, 0.2) is 17.7 Å². The van der Waals surface area contributed by atoms with Crippen molar-refractivity contribution >= 4 is 46.4 Å². The number of Topliss-reactive ketones (excluding diaryl/α,β-unsaturated/α-hetero) is 2. The monoisotopic (exact) mass is 384 g/mol. The molecule has 2 aromatic rings. The van der Waals surface area contributed by atoms with Crippen molar-refractivity contribution in [2.24, 2.45) is 0 Å². The molecule has 1 atom stereocenters. The number of rotatable bonds is 6. The van der Waals surface area contributed by atoms with Gasteiger partial charge in [0.1, 0.15) is 5.75 Å². The molecular weight excluding hydrogens is 371 g/mol. The molecule has 0 aromatic heterocycles. The van der Waals surface area contributed by atoms with Crippen LogP contribution < -0.4 is 4.74 Å². The van der Waals surface area contributed by atoms with Crippen LogP contribution in [0.25, 0.3) is 0 Å². The van der Waals surface area contributed by atoms with Crippen LogP contribution in [0.1, 0.15) is 29.3 Å². The van der Waals surface area contributed by atoms with E-state index in [1.54, 1.807) is 31.2 Å². The van der Waals surface area contributed by atoms with E-state index in [2.05, 4.69) is 0 Å². The van der Waals surface area contributed by atoms with Gasteiger partial charge >= 0.3 is 0 Å². The number of aryl methyl sites for hydroxylation is 1. The van der Waals surface area contributed by atoms with Crippen molar-refractivity contribution in [3.05, 3.63) is 62.6 Å². The molecule has 0 bridgehead atoms. The highest BCUT2D eigenvalue weighted by molar-refractivity contribution is 6.37. The van der Waals surface area contributed by atoms with E-state index in [9.17, 15) is 9.59 Å². The van der Waals surface area contributed by atoms with E-state index in [4.69, 9.17) is 39.5 Å². The summed E-state index contributed by atoms with van der Waals surface area (Å²) in [5.74, 6) is -0.150. The normalized spacial score (nSPS) is 11.9. The Kier molecular flexibility index (Phi) is 6.27. The summed E-state index contributed by atoms with van der Waals surface area (Å²) in [5.41, 5.74) is 1.08. The quantitative estimate of drug-likeness (QED) is 0.482. The minimum Gasteiger partial charge on any atom is -0.483 e. The SMILES string of the molecule is Cc1cc(Cl)ccc1O[C@H](C)C(=O)CC(=O)c1ccc(Cl)cc1Cl. The van der Waals surface area contributed by atoms with Crippen molar-refractivity contribution in [1.29, 1.82) is 0 Å².